The van der Waals surface area contributed by atoms with E-state index in [-0.39, 0.29) is 0 Å². The Labute approximate surface area is 83.1 Å². The molecule has 2 aliphatic carbocycles. The molecule has 3 unspecified atom stereocenters. The summed E-state index contributed by atoms with van der Waals surface area (Å²) in [7, 11) is 0. The topological polar surface area (TPSA) is 0 Å². The van der Waals surface area contributed by atoms with Crippen LogP contribution in [0.4, 0.5) is 0 Å². The first-order valence-corrected chi connectivity index (χ1v) is 6.35. The molecule has 0 nitrogen and oxygen atoms in total. The number of rotatable bonds is 3. The second-order valence-corrected chi connectivity index (χ2v) is 5.26. The maximum absolute atomic E-state index is 2.38. The molecule has 0 aromatic heterocycles. The standard InChI is InChI=1S/C13H24/c1-3-11(4-2)13-8-6-10-5-7-12(13)9-10/h10-13H,3-9H2,1-2H3. The molecule has 0 spiro atoms. The molecule has 0 radical (unpaired) electrons. The summed E-state index contributed by atoms with van der Waals surface area (Å²) in [6, 6.07) is 0. The lowest BCUT2D eigenvalue weighted by atomic mass is 9.71. The van der Waals surface area contributed by atoms with E-state index in [9.17, 15) is 0 Å². The predicted octanol–water partition coefficient (Wildman–Crippen LogP) is 4.25. The maximum Gasteiger partial charge on any atom is -0.0357 e. The van der Waals surface area contributed by atoms with Crippen LogP contribution in [0, 0.1) is 23.7 Å². The van der Waals surface area contributed by atoms with Crippen molar-refractivity contribution < 1.29 is 0 Å². The van der Waals surface area contributed by atoms with Crippen molar-refractivity contribution in [2.75, 3.05) is 0 Å². The summed E-state index contributed by atoms with van der Waals surface area (Å²) >= 11 is 0. The molecule has 0 heteroatoms. The quantitative estimate of drug-likeness (QED) is 0.609. The minimum Gasteiger partial charge on any atom is -0.0651 e. The van der Waals surface area contributed by atoms with Gasteiger partial charge in [0.2, 0.25) is 0 Å². The van der Waals surface area contributed by atoms with Crippen LogP contribution in [0.15, 0.2) is 0 Å². The van der Waals surface area contributed by atoms with Crippen molar-refractivity contribution in [3.8, 4) is 0 Å². The van der Waals surface area contributed by atoms with Crippen LogP contribution in [0.2, 0.25) is 0 Å². The Bertz CT molecular complexity index is 155. The second-order valence-electron chi connectivity index (χ2n) is 5.26. The zero-order valence-corrected chi connectivity index (χ0v) is 9.26. The Morgan fingerprint density at radius 2 is 1.69 bits per heavy atom. The summed E-state index contributed by atoms with van der Waals surface area (Å²) in [5, 5.41) is 0. The van der Waals surface area contributed by atoms with Crippen molar-refractivity contribution in [1.82, 2.24) is 0 Å². The predicted molar refractivity (Wildman–Crippen MR) is 57.6 cm³/mol. The van der Waals surface area contributed by atoms with Gasteiger partial charge in [-0.2, -0.15) is 0 Å². The highest BCUT2D eigenvalue weighted by molar-refractivity contribution is 4.88. The molecule has 0 amide bonds. The minimum absolute atomic E-state index is 1.05. The lowest BCUT2D eigenvalue weighted by molar-refractivity contribution is 0.161. The van der Waals surface area contributed by atoms with E-state index in [2.05, 4.69) is 13.8 Å². The average molecular weight is 180 g/mol. The Kier molecular flexibility index (Phi) is 2.96. The number of hydrogen-bond acceptors (Lipinski definition) is 0. The van der Waals surface area contributed by atoms with Gasteiger partial charge in [-0.15, -0.1) is 0 Å². The maximum atomic E-state index is 2.38. The van der Waals surface area contributed by atoms with Gasteiger partial charge in [-0.25, -0.2) is 0 Å². The Morgan fingerprint density at radius 1 is 1.00 bits per heavy atom. The Balaban J connectivity index is 1.98. The fraction of sp³-hybridized carbons (Fsp3) is 1.00. The Hall–Kier alpha value is 0. The summed E-state index contributed by atoms with van der Waals surface area (Å²) < 4.78 is 0. The van der Waals surface area contributed by atoms with E-state index in [0.717, 1.165) is 23.7 Å². The van der Waals surface area contributed by atoms with Crippen LogP contribution >= 0.6 is 0 Å². The molecular weight excluding hydrogens is 156 g/mol. The fourth-order valence-electron chi connectivity index (χ4n) is 3.94. The molecule has 0 aliphatic heterocycles. The summed E-state index contributed by atoms with van der Waals surface area (Å²) in [5.74, 6) is 4.41. The van der Waals surface area contributed by atoms with Crippen LogP contribution in [0.1, 0.15) is 58.8 Å². The fourth-order valence-corrected chi connectivity index (χ4v) is 3.94. The number of fused-ring (bicyclic) bond motifs is 2. The molecule has 0 heterocycles. The smallest absolute Gasteiger partial charge is 0.0357 e. The first kappa shape index (κ1) is 9.55. The van der Waals surface area contributed by atoms with Gasteiger partial charge in [-0.05, 0) is 42.9 Å². The van der Waals surface area contributed by atoms with Crippen LogP contribution in [-0.4, -0.2) is 0 Å². The van der Waals surface area contributed by atoms with Gasteiger partial charge < -0.3 is 0 Å². The van der Waals surface area contributed by atoms with Gasteiger partial charge in [-0.1, -0.05) is 39.5 Å². The first-order valence-electron chi connectivity index (χ1n) is 6.35. The van der Waals surface area contributed by atoms with Gasteiger partial charge in [-0.3, -0.25) is 0 Å². The van der Waals surface area contributed by atoms with E-state index in [1.165, 1.54) is 12.8 Å². The third kappa shape index (κ3) is 1.78. The van der Waals surface area contributed by atoms with Gasteiger partial charge in [0.05, 0.1) is 0 Å². The molecule has 0 aromatic rings. The molecule has 0 N–H and O–H groups in total. The average Bonchev–Trinajstić information content (AvgIpc) is 2.54. The van der Waals surface area contributed by atoms with Crippen molar-refractivity contribution in [2.45, 2.75) is 58.8 Å². The van der Waals surface area contributed by atoms with E-state index in [0.29, 0.717) is 0 Å². The molecule has 13 heavy (non-hydrogen) atoms. The lowest BCUT2D eigenvalue weighted by Crippen LogP contribution is -2.25. The molecule has 76 valence electrons. The molecular formula is C13H24. The van der Waals surface area contributed by atoms with E-state index in [1.54, 1.807) is 32.1 Å². The molecule has 2 aliphatic rings. The third-order valence-corrected chi connectivity index (χ3v) is 4.75. The van der Waals surface area contributed by atoms with Crippen molar-refractivity contribution >= 4 is 0 Å². The molecule has 2 rings (SSSR count). The molecule has 0 aromatic carbocycles. The van der Waals surface area contributed by atoms with Crippen LogP contribution in [-0.2, 0) is 0 Å². The first-order chi connectivity index (χ1) is 6.35. The van der Waals surface area contributed by atoms with Gasteiger partial charge in [0.15, 0.2) is 0 Å². The molecule has 2 bridgehead atoms. The molecule has 0 saturated heterocycles. The SMILES string of the molecule is CCC(CC)C1CCC2CCC1C2. The van der Waals surface area contributed by atoms with E-state index >= 15 is 0 Å². The van der Waals surface area contributed by atoms with E-state index < -0.39 is 0 Å². The highest BCUT2D eigenvalue weighted by Crippen LogP contribution is 2.48. The van der Waals surface area contributed by atoms with Crippen molar-refractivity contribution in [3.63, 3.8) is 0 Å². The normalized spacial score (nSPS) is 38.5. The second kappa shape index (κ2) is 4.02. The summed E-state index contributed by atoms with van der Waals surface area (Å²) in [6.45, 7) is 4.77. The van der Waals surface area contributed by atoms with E-state index in [4.69, 9.17) is 0 Å². The third-order valence-electron chi connectivity index (χ3n) is 4.75. The van der Waals surface area contributed by atoms with Crippen molar-refractivity contribution in [1.29, 1.82) is 0 Å². The summed E-state index contributed by atoms with van der Waals surface area (Å²) in [6.07, 6.45) is 10.7. The number of hydrogen-bond donors (Lipinski definition) is 0. The highest BCUT2D eigenvalue weighted by Gasteiger charge is 2.37. The highest BCUT2D eigenvalue weighted by atomic mass is 14.4. The van der Waals surface area contributed by atoms with Crippen LogP contribution in [0.25, 0.3) is 0 Å². The van der Waals surface area contributed by atoms with Gasteiger partial charge in [0.25, 0.3) is 0 Å². The summed E-state index contributed by atoms with van der Waals surface area (Å²) in [5.41, 5.74) is 0. The Morgan fingerprint density at radius 3 is 2.38 bits per heavy atom. The van der Waals surface area contributed by atoms with Crippen LogP contribution < -0.4 is 0 Å². The summed E-state index contributed by atoms with van der Waals surface area (Å²) in [4.78, 5) is 0. The van der Waals surface area contributed by atoms with Crippen molar-refractivity contribution in [3.05, 3.63) is 0 Å². The van der Waals surface area contributed by atoms with E-state index in [1.807, 2.05) is 0 Å². The van der Waals surface area contributed by atoms with Gasteiger partial charge in [0.1, 0.15) is 0 Å². The van der Waals surface area contributed by atoms with Gasteiger partial charge in [0, 0.05) is 0 Å². The van der Waals surface area contributed by atoms with Crippen LogP contribution in [0.5, 0.6) is 0 Å². The van der Waals surface area contributed by atoms with Crippen LogP contribution in [0.3, 0.4) is 0 Å². The zero-order valence-electron chi connectivity index (χ0n) is 9.26. The van der Waals surface area contributed by atoms with Gasteiger partial charge >= 0.3 is 0 Å². The molecule has 3 atom stereocenters. The van der Waals surface area contributed by atoms with Crippen molar-refractivity contribution in [2.24, 2.45) is 23.7 Å². The monoisotopic (exact) mass is 180 g/mol. The molecule has 2 fully saturated rings. The lowest BCUT2D eigenvalue weighted by Gasteiger charge is -2.34. The minimum atomic E-state index is 1.05. The largest absolute Gasteiger partial charge is 0.0651 e. The zero-order chi connectivity index (χ0) is 9.26. The molecule has 2 saturated carbocycles.